The van der Waals surface area contributed by atoms with E-state index >= 15 is 0 Å². The van der Waals surface area contributed by atoms with Crippen molar-refractivity contribution in [1.82, 2.24) is 5.32 Å². The van der Waals surface area contributed by atoms with E-state index in [1.54, 1.807) is 24.3 Å². The molecule has 1 aliphatic rings. The van der Waals surface area contributed by atoms with Crippen LogP contribution in [0.15, 0.2) is 24.3 Å². The van der Waals surface area contributed by atoms with Gasteiger partial charge in [-0.05, 0) is 30.9 Å². The van der Waals surface area contributed by atoms with Gasteiger partial charge in [0.2, 0.25) is 0 Å². The average molecular weight is 203 g/mol. The van der Waals surface area contributed by atoms with Crippen molar-refractivity contribution in [1.29, 1.82) is 0 Å². The first-order valence-corrected chi connectivity index (χ1v) is 5.13. The van der Waals surface area contributed by atoms with Crippen molar-refractivity contribution in [2.75, 3.05) is 6.54 Å². The summed E-state index contributed by atoms with van der Waals surface area (Å²) in [6, 6.07) is 6.65. The van der Waals surface area contributed by atoms with E-state index in [2.05, 4.69) is 5.32 Å². The minimum Gasteiger partial charge on any atom is -0.352 e. The van der Waals surface area contributed by atoms with E-state index < -0.39 is 0 Å². The number of aldehydes is 1. The van der Waals surface area contributed by atoms with E-state index in [9.17, 15) is 9.59 Å². The normalized spacial score (nSPS) is 14.7. The highest BCUT2D eigenvalue weighted by Gasteiger charge is 2.21. The second kappa shape index (κ2) is 4.26. The quantitative estimate of drug-likeness (QED) is 0.756. The molecule has 1 aromatic rings. The van der Waals surface area contributed by atoms with Gasteiger partial charge in [0.05, 0.1) is 0 Å². The Balaban J connectivity index is 1.94. The number of hydrogen-bond donors (Lipinski definition) is 1. The zero-order valence-electron chi connectivity index (χ0n) is 8.40. The lowest BCUT2D eigenvalue weighted by molar-refractivity contribution is 0.0951. The minimum atomic E-state index is -0.0562. The van der Waals surface area contributed by atoms with Crippen LogP contribution in [0.5, 0.6) is 0 Å². The maximum Gasteiger partial charge on any atom is 0.251 e. The predicted octanol–water partition coefficient (Wildman–Crippen LogP) is 1.64. The molecule has 0 atom stereocenters. The van der Waals surface area contributed by atoms with Crippen molar-refractivity contribution in [2.24, 2.45) is 5.92 Å². The van der Waals surface area contributed by atoms with Gasteiger partial charge in [0.1, 0.15) is 6.29 Å². The lowest BCUT2D eigenvalue weighted by Gasteiger charge is -2.03. The number of rotatable bonds is 4. The Morgan fingerprint density at radius 3 is 2.53 bits per heavy atom. The monoisotopic (exact) mass is 203 g/mol. The van der Waals surface area contributed by atoms with Crippen molar-refractivity contribution in [3.63, 3.8) is 0 Å². The molecule has 1 aliphatic carbocycles. The molecule has 15 heavy (non-hydrogen) atoms. The van der Waals surface area contributed by atoms with Crippen LogP contribution in [0.2, 0.25) is 0 Å². The molecule has 78 valence electrons. The van der Waals surface area contributed by atoms with Crippen LogP contribution in [0.25, 0.3) is 0 Å². The van der Waals surface area contributed by atoms with E-state index in [1.165, 1.54) is 12.8 Å². The van der Waals surface area contributed by atoms with Gasteiger partial charge < -0.3 is 5.32 Å². The van der Waals surface area contributed by atoms with E-state index in [4.69, 9.17) is 0 Å². The molecule has 1 amide bonds. The second-order valence-electron chi connectivity index (χ2n) is 3.89. The average Bonchev–Trinajstić information content (AvgIpc) is 3.10. The summed E-state index contributed by atoms with van der Waals surface area (Å²) in [7, 11) is 0. The Morgan fingerprint density at radius 2 is 2.00 bits per heavy atom. The molecule has 0 heterocycles. The highest BCUT2D eigenvalue weighted by molar-refractivity contribution is 5.94. The maximum atomic E-state index is 11.6. The third-order valence-electron chi connectivity index (χ3n) is 2.56. The third-order valence-corrected chi connectivity index (χ3v) is 2.56. The fraction of sp³-hybridized carbons (Fsp3) is 0.333. The Morgan fingerprint density at radius 1 is 1.33 bits per heavy atom. The molecule has 0 aliphatic heterocycles. The molecule has 1 saturated carbocycles. The van der Waals surface area contributed by atoms with Crippen LogP contribution in [0, 0.1) is 5.92 Å². The summed E-state index contributed by atoms with van der Waals surface area (Å²) in [4.78, 5) is 22.0. The van der Waals surface area contributed by atoms with E-state index in [-0.39, 0.29) is 5.91 Å². The van der Waals surface area contributed by atoms with Crippen molar-refractivity contribution < 1.29 is 9.59 Å². The first-order chi connectivity index (χ1) is 7.29. The van der Waals surface area contributed by atoms with Crippen LogP contribution >= 0.6 is 0 Å². The molecule has 2 rings (SSSR count). The summed E-state index contributed by atoms with van der Waals surface area (Å²) in [6.07, 6.45) is 3.22. The summed E-state index contributed by atoms with van der Waals surface area (Å²) in [6.45, 7) is 0.772. The van der Waals surface area contributed by atoms with Crippen molar-refractivity contribution in [2.45, 2.75) is 12.8 Å². The molecule has 0 radical (unpaired) electrons. The van der Waals surface area contributed by atoms with E-state index in [1.807, 2.05) is 0 Å². The van der Waals surface area contributed by atoms with Crippen molar-refractivity contribution in [3.8, 4) is 0 Å². The van der Waals surface area contributed by atoms with Crippen molar-refractivity contribution >= 4 is 12.2 Å². The highest BCUT2D eigenvalue weighted by atomic mass is 16.1. The second-order valence-corrected chi connectivity index (χ2v) is 3.89. The van der Waals surface area contributed by atoms with Gasteiger partial charge in [0.25, 0.3) is 5.91 Å². The molecule has 0 saturated heterocycles. The fourth-order valence-corrected chi connectivity index (χ4v) is 1.37. The molecule has 1 N–H and O–H groups in total. The van der Waals surface area contributed by atoms with Crippen LogP contribution in [-0.4, -0.2) is 18.7 Å². The van der Waals surface area contributed by atoms with E-state index in [0.29, 0.717) is 17.0 Å². The van der Waals surface area contributed by atoms with Gasteiger partial charge in [0.15, 0.2) is 0 Å². The standard InChI is InChI=1S/C12H13NO2/c14-8-10-3-5-11(6-4-10)12(15)13-7-9-1-2-9/h3-6,8-9H,1-2,7H2,(H,13,15). The number of nitrogens with one attached hydrogen (secondary N) is 1. The zero-order valence-corrected chi connectivity index (χ0v) is 8.40. The SMILES string of the molecule is O=Cc1ccc(C(=O)NCC2CC2)cc1. The number of hydrogen-bond acceptors (Lipinski definition) is 2. The molecular formula is C12H13NO2. The van der Waals surface area contributed by atoms with Gasteiger partial charge >= 0.3 is 0 Å². The first kappa shape index (κ1) is 9.90. The Kier molecular flexibility index (Phi) is 2.81. The zero-order chi connectivity index (χ0) is 10.7. The molecule has 1 aromatic carbocycles. The number of carbonyl (C=O) groups is 2. The van der Waals surface area contributed by atoms with Gasteiger partial charge in [-0.3, -0.25) is 9.59 Å². The number of benzene rings is 1. The summed E-state index contributed by atoms with van der Waals surface area (Å²) in [5.41, 5.74) is 1.20. The minimum absolute atomic E-state index is 0.0562. The molecule has 0 bridgehead atoms. The van der Waals surface area contributed by atoms with Gasteiger partial charge in [-0.2, -0.15) is 0 Å². The summed E-state index contributed by atoms with van der Waals surface area (Å²) < 4.78 is 0. The largest absolute Gasteiger partial charge is 0.352 e. The lowest BCUT2D eigenvalue weighted by atomic mass is 10.1. The third kappa shape index (κ3) is 2.65. The molecule has 0 aromatic heterocycles. The van der Waals surface area contributed by atoms with Crippen molar-refractivity contribution in [3.05, 3.63) is 35.4 Å². The molecule has 3 heteroatoms. The molecular weight excluding hydrogens is 190 g/mol. The Labute approximate surface area is 88.5 Å². The molecule has 0 unspecified atom stereocenters. The maximum absolute atomic E-state index is 11.6. The molecule has 0 spiro atoms. The van der Waals surface area contributed by atoms with Crippen LogP contribution in [0.3, 0.4) is 0 Å². The summed E-state index contributed by atoms with van der Waals surface area (Å²) >= 11 is 0. The summed E-state index contributed by atoms with van der Waals surface area (Å²) in [5.74, 6) is 0.627. The summed E-state index contributed by atoms with van der Waals surface area (Å²) in [5, 5.41) is 2.87. The first-order valence-electron chi connectivity index (χ1n) is 5.13. The van der Waals surface area contributed by atoms with Gasteiger partial charge in [-0.1, -0.05) is 12.1 Å². The number of amides is 1. The highest BCUT2D eigenvalue weighted by Crippen LogP contribution is 2.27. The fourth-order valence-electron chi connectivity index (χ4n) is 1.37. The van der Waals surface area contributed by atoms with Crippen LogP contribution in [0.4, 0.5) is 0 Å². The van der Waals surface area contributed by atoms with E-state index in [0.717, 1.165) is 12.8 Å². The lowest BCUT2D eigenvalue weighted by Crippen LogP contribution is -2.25. The van der Waals surface area contributed by atoms with Gasteiger partial charge in [-0.25, -0.2) is 0 Å². The topological polar surface area (TPSA) is 46.2 Å². The Bertz CT molecular complexity index is 366. The smallest absolute Gasteiger partial charge is 0.251 e. The van der Waals surface area contributed by atoms with Crippen LogP contribution in [-0.2, 0) is 0 Å². The molecule has 1 fully saturated rings. The predicted molar refractivity (Wildman–Crippen MR) is 56.9 cm³/mol. The Hall–Kier alpha value is -1.64. The van der Waals surface area contributed by atoms with Gasteiger partial charge in [0, 0.05) is 17.7 Å². The molecule has 3 nitrogen and oxygen atoms in total. The number of carbonyl (C=O) groups excluding carboxylic acids is 2. The van der Waals surface area contributed by atoms with Crippen LogP contribution < -0.4 is 5.32 Å². The van der Waals surface area contributed by atoms with Gasteiger partial charge in [-0.15, -0.1) is 0 Å². The van der Waals surface area contributed by atoms with Crippen LogP contribution in [0.1, 0.15) is 33.6 Å².